The standard InChI is InChI=1S/C19H24N2O3/c1-14(13-22)11-20-12-15-4-3-5-17(10-15)21-19(23)16-6-8-18(24-2)9-7-16/h3-10,14,20,22H,11-13H2,1-2H3,(H,21,23). The number of carbonyl (C=O) groups excluding carboxylic acids is 1. The number of ether oxygens (including phenoxy) is 1. The fourth-order valence-corrected chi connectivity index (χ4v) is 2.23. The van der Waals surface area contributed by atoms with Crippen LogP contribution < -0.4 is 15.4 Å². The van der Waals surface area contributed by atoms with Gasteiger partial charge in [-0.1, -0.05) is 19.1 Å². The highest BCUT2D eigenvalue weighted by molar-refractivity contribution is 6.04. The molecular weight excluding hydrogens is 304 g/mol. The summed E-state index contributed by atoms with van der Waals surface area (Å²) in [6.45, 7) is 3.60. The fourth-order valence-electron chi connectivity index (χ4n) is 2.23. The monoisotopic (exact) mass is 328 g/mol. The number of amides is 1. The number of hydrogen-bond donors (Lipinski definition) is 3. The predicted octanol–water partition coefficient (Wildman–Crippen LogP) is 2.67. The van der Waals surface area contributed by atoms with Gasteiger partial charge in [-0.05, 0) is 47.9 Å². The van der Waals surface area contributed by atoms with Crippen molar-refractivity contribution in [3.05, 3.63) is 59.7 Å². The van der Waals surface area contributed by atoms with Gasteiger partial charge in [-0.2, -0.15) is 0 Å². The quantitative estimate of drug-likeness (QED) is 0.697. The Labute approximate surface area is 142 Å². The number of aliphatic hydroxyl groups is 1. The number of carbonyl (C=O) groups is 1. The molecule has 2 rings (SSSR count). The Hall–Kier alpha value is -2.37. The van der Waals surface area contributed by atoms with Crippen molar-refractivity contribution in [1.82, 2.24) is 5.32 Å². The number of methoxy groups -OCH3 is 1. The highest BCUT2D eigenvalue weighted by Crippen LogP contribution is 2.15. The minimum Gasteiger partial charge on any atom is -0.497 e. The first-order valence-corrected chi connectivity index (χ1v) is 7.98. The van der Waals surface area contributed by atoms with E-state index in [1.165, 1.54) is 0 Å². The highest BCUT2D eigenvalue weighted by Gasteiger charge is 2.07. The molecule has 0 radical (unpaired) electrons. The van der Waals surface area contributed by atoms with Crippen LogP contribution in [-0.2, 0) is 6.54 Å². The van der Waals surface area contributed by atoms with Crippen molar-refractivity contribution in [3.63, 3.8) is 0 Å². The van der Waals surface area contributed by atoms with Gasteiger partial charge in [0.25, 0.3) is 5.91 Å². The minimum absolute atomic E-state index is 0.156. The van der Waals surface area contributed by atoms with Crippen LogP contribution >= 0.6 is 0 Å². The predicted molar refractivity (Wildman–Crippen MR) is 95.3 cm³/mol. The number of hydrogen-bond acceptors (Lipinski definition) is 4. The fraction of sp³-hybridized carbons (Fsp3) is 0.316. The van der Waals surface area contributed by atoms with E-state index in [0.29, 0.717) is 12.1 Å². The molecule has 5 heteroatoms. The van der Waals surface area contributed by atoms with Crippen LogP contribution in [-0.4, -0.2) is 31.3 Å². The second-order valence-corrected chi connectivity index (χ2v) is 5.80. The van der Waals surface area contributed by atoms with Gasteiger partial charge in [-0.15, -0.1) is 0 Å². The number of nitrogens with one attached hydrogen (secondary N) is 2. The molecule has 0 aliphatic carbocycles. The maximum atomic E-state index is 12.3. The SMILES string of the molecule is COc1ccc(C(=O)Nc2cccc(CNCC(C)CO)c2)cc1. The van der Waals surface area contributed by atoms with E-state index < -0.39 is 0 Å². The zero-order chi connectivity index (χ0) is 17.4. The molecule has 24 heavy (non-hydrogen) atoms. The third-order valence-corrected chi connectivity index (χ3v) is 3.67. The lowest BCUT2D eigenvalue weighted by Crippen LogP contribution is -2.22. The summed E-state index contributed by atoms with van der Waals surface area (Å²) in [4.78, 5) is 12.3. The lowest BCUT2D eigenvalue weighted by Gasteiger charge is -2.11. The van der Waals surface area contributed by atoms with Crippen molar-refractivity contribution in [3.8, 4) is 5.75 Å². The van der Waals surface area contributed by atoms with Gasteiger partial charge < -0.3 is 20.5 Å². The van der Waals surface area contributed by atoms with Gasteiger partial charge in [0, 0.05) is 30.9 Å². The van der Waals surface area contributed by atoms with Gasteiger partial charge in [0.15, 0.2) is 0 Å². The average Bonchev–Trinajstić information content (AvgIpc) is 2.62. The summed E-state index contributed by atoms with van der Waals surface area (Å²) < 4.78 is 5.09. The van der Waals surface area contributed by atoms with Crippen LogP contribution in [0.2, 0.25) is 0 Å². The van der Waals surface area contributed by atoms with Crippen molar-refractivity contribution >= 4 is 11.6 Å². The van der Waals surface area contributed by atoms with E-state index in [1.54, 1.807) is 31.4 Å². The molecule has 2 aromatic rings. The molecule has 2 aromatic carbocycles. The molecule has 0 saturated carbocycles. The van der Waals surface area contributed by atoms with E-state index in [-0.39, 0.29) is 18.4 Å². The van der Waals surface area contributed by atoms with Crippen LogP contribution in [0.15, 0.2) is 48.5 Å². The summed E-state index contributed by atoms with van der Waals surface area (Å²) >= 11 is 0. The maximum absolute atomic E-state index is 12.3. The molecule has 128 valence electrons. The summed E-state index contributed by atoms with van der Waals surface area (Å²) in [5.41, 5.74) is 2.41. The molecule has 0 spiro atoms. The van der Waals surface area contributed by atoms with Crippen molar-refractivity contribution in [2.75, 3.05) is 25.6 Å². The van der Waals surface area contributed by atoms with E-state index in [0.717, 1.165) is 23.5 Å². The summed E-state index contributed by atoms with van der Waals surface area (Å²) in [5, 5.41) is 15.2. The Morgan fingerprint density at radius 3 is 2.62 bits per heavy atom. The summed E-state index contributed by atoms with van der Waals surface area (Å²) in [6.07, 6.45) is 0. The van der Waals surface area contributed by atoms with Crippen LogP contribution in [0.25, 0.3) is 0 Å². The molecule has 5 nitrogen and oxygen atoms in total. The van der Waals surface area contributed by atoms with Crippen LogP contribution in [0, 0.1) is 5.92 Å². The van der Waals surface area contributed by atoms with Crippen LogP contribution in [0.4, 0.5) is 5.69 Å². The lowest BCUT2D eigenvalue weighted by molar-refractivity contribution is 0.102. The zero-order valence-electron chi connectivity index (χ0n) is 14.1. The average molecular weight is 328 g/mol. The van der Waals surface area contributed by atoms with Crippen molar-refractivity contribution in [2.24, 2.45) is 5.92 Å². The van der Waals surface area contributed by atoms with Gasteiger partial charge in [0.1, 0.15) is 5.75 Å². The summed E-state index contributed by atoms with van der Waals surface area (Å²) in [5.74, 6) is 0.788. The molecule has 0 fully saturated rings. The Kier molecular flexibility index (Phi) is 6.78. The van der Waals surface area contributed by atoms with E-state index in [9.17, 15) is 4.79 Å². The largest absolute Gasteiger partial charge is 0.497 e. The first-order valence-electron chi connectivity index (χ1n) is 7.98. The van der Waals surface area contributed by atoms with Crippen molar-refractivity contribution < 1.29 is 14.6 Å². The third kappa shape index (κ3) is 5.37. The molecule has 0 bridgehead atoms. The Bertz CT molecular complexity index is 656. The highest BCUT2D eigenvalue weighted by atomic mass is 16.5. The Balaban J connectivity index is 1.94. The topological polar surface area (TPSA) is 70.6 Å². The van der Waals surface area contributed by atoms with Gasteiger partial charge >= 0.3 is 0 Å². The molecule has 0 saturated heterocycles. The number of anilines is 1. The van der Waals surface area contributed by atoms with Crippen molar-refractivity contribution in [2.45, 2.75) is 13.5 Å². The van der Waals surface area contributed by atoms with E-state index in [4.69, 9.17) is 9.84 Å². The Morgan fingerprint density at radius 2 is 1.96 bits per heavy atom. The van der Waals surface area contributed by atoms with Crippen LogP contribution in [0.5, 0.6) is 5.75 Å². The third-order valence-electron chi connectivity index (χ3n) is 3.67. The minimum atomic E-state index is -0.156. The smallest absolute Gasteiger partial charge is 0.255 e. The first-order chi connectivity index (χ1) is 11.6. The van der Waals surface area contributed by atoms with Crippen molar-refractivity contribution in [1.29, 1.82) is 0 Å². The van der Waals surface area contributed by atoms with E-state index in [1.807, 2.05) is 31.2 Å². The molecule has 0 heterocycles. The lowest BCUT2D eigenvalue weighted by atomic mass is 10.1. The molecule has 3 N–H and O–H groups in total. The first kappa shape index (κ1) is 18.0. The normalized spacial score (nSPS) is 11.8. The molecule has 1 amide bonds. The number of rotatable bonds is 8. The van der Waals surface area contributed by atoms with Crippen LogP contribution in [0.3, 0.4) is 0 Å². The number of aliphatic hydroxyl groups excluding tert-OH is 1. The molecule has 0 aliphatic heterocycles. The van der Waals surface area contributed by atoms with Gasteiger partial charge in [-0.3, -0.25) is 4.79 Å². The molecule has 0 aliphatic rings. The second-order valence-electron chi connectivity index (χ2n) is 5.80. The number of benzene rings is 2. The molecule has 0 aromatic heterocycles. The maximum Gasteiger partial charge on any atom is 0.255 e. The molecular formula is C19H24N2O3. The van der Waals surface area contributed by atoms with Gasteiger partial charge in [0.05, 0.1) is 7.11 Å². The van der Waals surface area contributed by atoms with E-state index >= 15 is 0 Å². The molecule has 1 unspecified atom stereocenters. The Morgan fingerprint density at radius 1 is 1.21 bits per heavy atom. The second kappa shape index (κ2) is 9.05. The summed E-state index contributed by atoms with van der Waals surface area (Å²) in [6, 6.07) is 14.7. The van der Waals surface area contributed by atoms with Gasteiger partial charge in [-0.25, -0.2) is 0 Å². The molecule has 1 atom stereocenters. The van der Waals surface area contributed by atoms with Crippen LogP contribution in [0.1, 0.15) is 22.8 Å². The summed E-state index contributed by atoms with van der Waals surface area (Å²) in [7, 11) is 1.59. The zero-order valence-corrected chi connectivity index (χ0v) is 14.1. The van der Waals surface area contributed by atoms with E-state index in [2.05, 4.69) is 10.6 Å². The van der Waals surface area contributed by atoms with Gasteiger partial charge in [0.2, 0.25) is 0 Å².